The van der Waals surface area contributed by atoms with Gasteiger partial charge in [0.1, 0.15) is 5.82 Å². The molecular formula is C24H17ClN4O2. The first-order valence-electron chi connectivity index (χ1n) is 9.83. The lowest BCUT2D eigenvalue weighted by molar-refractivity contribution is 0.0526. The van der Waals surface area contributed by atoms with E-state index < -0.39 is 0 Å². The number of carbonyl (C=O) groups excluding carboxylic acids is 1. The number of carbonyl (C=O) groups is 1. The molecule has 0 bridgehead atoms. The van der Waals surface area contributed by atoms with Gasteiger partial charge in [0.2, 0.25) is 0 Å². The van der Waals surface area contributed by atoms with Crippen molar-refractivity contribution in [1.82, 2.24) is 19.5 Å². The molecule has 0 saturated heterocycles. The molecule has 0 radical (unpaired) electrons. The molecule has 0 saturated carbocycles. The van der Waals surface area contributed by atoms with Gasteiger partial charge in [-0.15, -0.1) is 0 Å². The summed E-state index contributed by atoms with van der Waals surface area (Å²) in [6.45, 7) is 2.11. The van der Waals surface area contributed by atoms with E-state index in [0.717, 1.165) is 22.3 Å². The normalized spacial score (nSPS) is 11.2. The Morgan fingerprint density at radius 2 is 1.68 bits per heavy atom. The molecular weight excluding hydrogens is 412 g/mol. The van der Waals surface area contributed by atoms with Crippen molar-refractivity contribution in [3.05, 3.63) is 83.4 Å². The molecule has 5 rings (SSSR count). The topological polar surface area (TPSA) is 69.9 Å². The van der Waals surface area contributed by atoms with Gasteiger partial charge >= 0.3 is 5.97 Å². The molecule has 0 fully saturated rings. The van der Waals surface area contributed by atoms with E-state index in [2.05, 4.69) is 0 Å². The Labute approximate surface area is 183 Å². The Hall–Kier alpha value is -3.77. The van der Waals surface area contributed by atoms with Crippen molar-refractivity contribution in [2.24, 2.45) is 0 Å². The van der Waals surface area contributed by atoms with Crippen molar-refractivity contribution in [2.45, 2.75) is 6.92 Å². The number of imidazole rings is 1. The molecule has 31 heavy (non-hydrogen) atoms. The van der Waals surface area contributed by atoms with Crippen LogP contribution in [0.1, 0.15) is 17.3 Å². The summed E-state index contributed by atoms with van der Waals surface area (Å²) in [6, 6.07) is 22.3. The molecule has 0 N–H and O–H groups in total. The van der Waals surface area contributed by atoms with E-state index >= 15 is 0 Å². The predicted octanol–water partition coefficient (Wildman–Crippen LogP) is 5.47. The summed E-state index contributed by atoms with van der Waals surface area (Å²) < 4.78 is 7.01. The smallest absolute Gasteiger partial charge is 0.338 e. The van der Waals surface area contributed by atoms with Gasteiger partial charge in [0, 0.05) is 16.3 Å². The first kappa shape index (κ1) is 19.2. The summed E-state index contributed by atoms with van der Waals surface area (Å²) >= 11 is 6.24. The van der Waals surface area contributed by atoms with Gasteiger partial charge in [-0.3, -0.25) is 4.57 Å². The highest BCUT2D eigenvalue weighted by Crippen LogP contribution is 2.29. The fourth-order valence-electron chi connectivity index (χ4n) is 3.48. The Morgan fingerprint density at radius 3 is 2.39 bits per heavy atom. The number of aromatic nitrogens is 4. The number of fused-ring (bicyclic) bond motifs is 2. The molecule has 0 spiro atoms. The van der Waals surface area contributed by atoms with Crippen LogP contribution in [0.2, 0.25) is 5.02 Å². The number of benzene rings is 3. The van der Waals surface area contributed by atoms with Crippen molar-refractivity contribution in [3.63, 3.8) is 0 Å². The summed E-state index contributed by atoms with van der Waals surface area (Å²) in [4.78, 5) is 26.3. The summed E-state index contributed by atoms with van der Waals surface area (Å²) in [5.41, 5.74) is 4.82. The van der Waals surface area contributed by atoms with Crippen LogP contribution in [0, 0.1) is 0 Å². The molecule has 7 heteroatoms. The molecule has 0 aliphatic rings. The molecule has 3 aromatic carbocycles. The van der Waals surface area contributed by atoms with Crippen molar-refractivity contribution in [3.8, 4) is 17.1 Å². The van der Waals surface area contributed by atoms with Gasteiger partial charge in [0.25, 0.3) is 0 Å². The molecule has 0 aliphatic carbocycles. The second kappa shape index (κ2) is 7.81. The van der Waals surface area contributed by atoms with Gasteiger partial charge < -0.3 is 4.74 Å². The Balaban J connectivity index is 1.75. The SMILES string of the molecule is CCOC(=O)c1ccc(-n2c(-c3cccc(Cl)c3)nc3nc4ccccc4nc32)cc1. The molecule has 5 aromatic rings. The first-order valence-corrected chi connectivity index (χ1v) is 10.2. The van der Waals surface area contributed by atoms with Crippen LogP contribution < -0.4 is 0 Å². The molecule has 2 heterocycles. The van der Waals surface area contributed by atoms with E-state index in [9.17, 15) is 4.79 Å². The molecule has 0 aliphatic heterocycles. The van der Waals surface area contributed by atoms with Crippen LogP contribution in [0.5, 0.6) is 0 Å². The maximum absolute atomic E-state index is 12.0. The number of para-hydroxylation sites is 2. The van der Waals surface area contributed by atoms with Gasteiger partial charge in [0.05, 0.1) is 23.2 Å². The van der Waals surface area contributed by atoms with Gasteiger partial charge in [0.15, 0.2) is 11.3 Å². The fourth-order valence-corrected chi connectivity index (χ4v) is 3.67. The second-order valence-corrected chi connectivity index (χ2v) is 7.34. The number of halogens is 1. The average molecular weight is 429 g/mol. The van der Waals surface area contributed by atoms with Crippen LogP contribution in [-0.2, 0) is 4.74 Å². The van der Waals surface area contributed by atoms with Gasteiger partial charge in [-0.25, -0.2) is 19.7 Å². The second-order valence-electron chi connectivity index (χ2n) is 6.91. The molecule has 2 aromatic heterocycles. The number of hydrogen-bond donors (Lipinski definition) is 0. The zero-order valence-corrected chi connectivity index (χ0v) is 17.4. The highest BCUT2D eigenvalue weighted by atomic mass is 35.5. The van der Waals surface area contributed by atoms with E-state index in [1.807, 2.05) is 65.2 Å². The molecule has 0 atom stereocenters. The van der Waals surface area contributed by atoms with E-state index in [-0.39, 0.29) is 5.97 Å². The van der Waals surface area contributed by atoms with Crippen LogP contribution in [0.4, 0.5) is 0 Å². The third kappa shape index (κ3) is 3.51. The minimum atomic E-state index is -0.356. The zero-order valence-electron chi connectivity index (χ0n) is 16.6. The van der Waals surface area contributed by atoms with E-state index in [0.29, 0.717) is 34.3 Å². The van der Waals surface area contributed by atoms with Crippen molar-refractivity contribution in [1.29, 1.82) is 0 Å². The van der Waals surface area contributed by atoms with E-state index in [4.69, 9.17) is 31.3 Å². The van der Waals surface area contributed by atoms with Crippen molar-refractivity contribution >= 4 is 39.9 Å². The van der Waals surface area contributed by atoms with Crippen LogP contribution in [0.15, 0.2) is 72.8 Å². The Bertz CT molecular complexity index is 1430. The molecule has 152 valence electrons. The maximum Gasteiger partial charge on any atom is 0.338 e. The quantitative estimate of drug-likeness (QED) is 0.355. The van der Waals surface area contributed by atoms with Crippen molar-refractivity contribution < 1.29 is 9.53 Å². The van der Waals surface area contributed by atoms with Crippen LogP contribution in [0.25, 0.3) is 39.4 Å². The molecule has 0 unspecified atom stereocenters. The fraction of sp³-hybridized carbons (Fsp3) is 0.0833. The van der Waals surface area contributed by atoms with Gasteiger partial charge in [-0.2, -0.15) is 0 Å². The summed E-state index contributed by atoms with van der Waals surface area (Å²) in [7, 11) is 0. The van der Waals surface area contributed by atoms with Crippen LogP contribution in [0.3, 0.4) is 0 Å². The summed E-state index contributed by atoms with van der Waals surface area (Å²) in [5, 5.41) is 0.611. The maximum atomic E-state index is 12.0. The average Bonchev–Trinajstić information content (AvgIpc) is 3.16. The third-order valence-electron chi connectivity index (χ3n) is 4.89. The van der Waals surface area contributed by atoms with E-state index in [1.165, 1.54) is 0 Å². The predicted molar refractivity (Wildman–Crippen MR) is 121 cm³/mol. The van der Waals surface area contributed by atoms with Crippen molar-refractivity contribution in [2.75, 3.05) is 6.61 Å². The zero-order chi connectivity index (χ0) is 21.4. The third-order valence-corrected chi connectivity index (χ3v) is 5.12. The lowest BCUT2D eigenvalue weighted by atomic mass is 10.2. The Kier molecular flexibility index (Phi) is 4.84. The highest BCUT2D eigenvalue weighted by molar-refractivity contribution is 6.30. The Morgan fingerprint density at radius 1 is 0.935 bits per heavy atom. The number of hydrogen-bond acceptors (Lipinski definition) is 5. The lowest BCUT2D eigenvalue weighted by Gasteiger charge is -2.10. The molecule has 6 nitrogen and oxygen atoms in total. The standard InChI is InChI=1S/C24H17ClN4O2/c1-2-31-24(30)15-10-12-18(13-11-15)29-22(16-6-5-7-17(25)14-16)28-21-23(29)27-20-9-4-3-8-19(20)26-21/h3-14H,2H2,1H3. The number of esters is 1. The van der Waals surface area contributed by atoms with Crippen LogP contribution >= 0.6 is 11.6 Å². The van der Waals surface area contributed by atoms with Gasteiger partial charge in [-0.05, 0) is 55.5 Å². The number of ether oxygens (including phenoxy) is 1. The largest absolute Gasteiger partial charge is 0.462 e. The van der Waals surface area contributed by atoms with Crippen LogP contribution in [-0.4, -0.2) is 32.1 Å². The monoisotopic (exact) mass is 428 g/mol. The lowest BCUT2D eigenvalue weighted by Crippen LogP contribution is -2.05. The summed E-state index contributed by atoms with van der Waals surface area (Å²) in [6.07, 6.45) is 0. The minimum Gasteiger partial charge on any atom is -0.462 e. The summed E-state index contributed by atoms with van der Waals surface area (Å²) in [5.74, 6) is 0.307. The number of nitrogens with zero attached hydrogens (tertiary/aromatic N) is 4. The molecule has 0 amide bonds. The highest BCUT2D eigenvalue weighted by Gasteiger charge is 2.18. The van der Waals surface area contributed by atoms with Gasteiger partial charge in [-0.1, -0.05) is 35.9 Å². The first-order chi connectivity index (χ1) is 15.1. The van der Waals surface area contributed by atoms with E-state index in [1.54, 1.807) is 19.1 Å². The minimum absolute atomic E-state index is 0.328. The number of rotatable bonds is 4.